The van der Waals surface area contributed by atoms with Crippen LogP contribution < -0.4 is 5.32 Å². The van der Waals surface area contributed by atoms with Crippen molar-refractivity contribution in [2.45, 2.75) is 65.7 Å². The highest BCUT2D eigenvalue weighted by atomic mass is 16.2. The fourth-order valence-electron chi connectivity index (χ4n) is 2.12. The van der Waals surface area contributed by atoms with Crippen molar-refractivity contribution in [2.24, 2.45) is 5.92 Å². The lowest BCUT2D eigenvalue weighted by Crippen LogP contribution is -2.45. The standard InChI is InChI=1S/C12H24N2O/c1-6-7-11-13-9(4)12(15)14(11)10(5)8(2)3/h8-11,13H,6-7H2,1-5H3. The second-order valence-electron chi connectivity index (χ2n) is 4.92. The fraction of sp³-hybridized carbons (Fsp3) is 0.917. The lowest BCUT2D eigenvalue weighted by atomic mass is 10.0. The number of nitrogens with one attached hydrogen (secondary N) is 1. The zero-order valence-electron chi connectivity index (χ0n) is 10.6. The second-order valence-corrected chi connectivity index (χ2v) is 4.92. The molecule has 1 N–H and O–H groups in total. The van der Waals surface area contributed by atoms with E-state index in [4.69, 9.17) is 0 Å². The van der Waals surface area contributed by atoms with Gasteiger partial charge in [0.05, 0.1) is 12.2 Å². The molecule has 0 radical (unpaired) electrons. The number of carbonyl (C=O) groups is 1. The largest absolute Gasteiger partial charge is 0.323 e. The van der Waals surface area contributed by atoms with E-state index in [9.17, 15) is 4.79 Å². The van der Waals surface area contributed by atoms with Gasteiger partial charge in [-0.1, -0.05) is 27.2 Å². The number of rotatable bonds is 4. The predicted molar refractivity (Wildman–Crippen MR) is 62.4 cm³/mol. The van der Waals surface area contributed by atoms with Gasteiger partial charge in [0.25, 0.3) is 0 Å². The van der Waals surface area contributed by atoms with E-state index >= 15 is 0 Å². The smallest absolute Gasteiger partial charge is 0.240 e. The molecule has 1 fully saturated rings. The summed E-state index contributed by atoms with van der Waals surface area (Å²) in [7, 11) is 0. The Kier molecular flexibility index (Phi) is 4.14. The van der Waals surface area contributed by atoms with Crippen LogP contribution in [0.4, 0.5) is 0 Å². The summed E-state index contributed by atoms with van der Waals surface area (Å²) in [5.41, 5.74) is 0. The number of amides is 1. The Morgan fingerprint density at radius 3 is 2.47 bits per heavy atom. The molecule has 0 spiro atoms. The van der Waals surface area contributed by atoms with Crippen LogP contribution in [0.3, 0.4) is 0 Å². The molecular formula is C12H24N2O. The summed E-state index contributed by atoms with van der Waals surface area (Å²) < 4.78 is 0. The summed E-state index contributed by atoms with van der Waals surface area (Å²) in [5.74, 6) is 0.773. The van der Waals surface area contributed by atoms with Crippen molar-refractivity contribution in [2.75, 3.05) is 0 Å². The van der Waals surface area contributed by atoms with Crippen LogP contribution in [0, 0.1) is 5.92 Å². The van der Waals surface area contributed by atoms with E-state index in [0.717, 1.165) is 12.8 Å². The van der Waals surface area contributed by atoms with Crippen molar-refractivity contribution in [1.82, 2.24) is 10.2 Å². The Hall–Kier alpha value is -0.570. The van der Waals surface area contributed by atoms with Crippen LogP contribution in [-0.2, 0) is 4.79 Å². The average Bonchev–Trinajstić information content (AvgIpc) is 2.42. The zero-order chi connectivity index (χ0) is 11.6. The minimum atomic E-state index is -0.0113. The SMILES string of the molecule is CCCC1NC(C)C(=O)N1C(C)C(C)C. The zero-order valence-corrected chi connectivity index (χ0v) is 10.6. The van der Waals surface area contributed by atoms with Crippen molar-refractivity contribution >= 4 is 5.91 Å². The molecule has 0 saturated carbocycles. The van der Waals surface area contributed by atoms with Gasteiger partial charge in [-0.3, -0.25) is 10.1 Å². The van der Waals surface area contributed by atoms with Gasteiger partial charge in [0.2, 0.25) is 5.91 Å². The maximum absolute atomic E-state index is 12.0. The summed E-state index contributed by atoms with van der Waals surface area (Å²) in [5, 5.41) is 3.37. The van der Waals surface area contributed by atoms with Crippen molar-refractivity contribution in [3.05, 3.63) is 0 Å². The second kappa shape index (κ2) is 4.97. The van der Waals surface area contributed by atoms with E-state index in [2.05, 4.69) is 33.0 Å². The van der Waals surface area contributed by atoms with Crippen LogP contribution in [0.15, 0.2) is 0 Å². The van der Waals surface area contributed by atoms with Gasteiger partial charge in [-0.15, -0.1) is 0 Å². The number of hydrogen-bond donors (Lipinski definition) is 1. The maximum atomic E-state index is 12.0. The van der Waals surface area contributed by atoms with Crippen LogP contribution in [-0.4, -0.2) is 29.1 Å². The van der Waals surface area contributed by atoms with Gasteiger partial charge >= 0.3 is 0 Å². The molecule has 88 valence electrons. The highest BCUT2D eigenvalue weighted by Gasteiger charge is 2.38. The first-order valence-corrected chi connectivity index (χ1v) is 6.07. The van der Waals surface area contributed by atoms with Crippen molar-refractivity contribution in [3.63, 3.8) is 0 Å². The Morgan fingerprint density at radius 2 is 2.00 bits per heavy atom. The molecule has 1 aliphatic heterocycles. The molecule has 0 aromatic carbocycles. The minimum absolute atomic E-state index is 0.0113. The number of nitrogens with zero attached hydrogens (tertiary/aromatic N) is 1. The van der Waals surface area contributed by atoms with Crippen LogP contribution in [0.1, 0.15) is 47.5 Å². The topological polar surface area (TPSA) is 32.3 Å². The Labute approximate surface area is 93.2 Å². The lowest BCUT2D eigenvalue weighted by Gasteiger charge is -2.32. The van der Waals surface area contributed by atoms with Gasteiger partial charge in [-0.25, -0.2) is 0 Å². The Morgan fingerprint density at radius 1 is 1.40 bits per heavy atom. The summed E-state index contributed by atoms with van der Waals surface area (Å²) in [4.78, 5) is 14.0. The third kappa shape index (κ3) is 2.51. The van der Waals surface area contributed by atoms with Crippen LogP contribution in [0.5, 0.6) is 0 Å². The minimum Gasteiger partial charge on any atom is -0.323 e. The Bertz CT molecular complexity index is 228. The van der Waals surface area contributed by atoms with E-state index in [1.165, 1.54) is 0 Å². The van der Waals surface area contributed by atoms with Crippen LogP contribution in [0.2, 0.25) is 0 Å². The predicted octanol–water partition coefficient (Wildman–Crippen LogP) is 1.98. The summed E-state index contributed by atoms with van der Waals surface area (Å²) in [6, 6.07) is 0.314. The van der Waals surface area contributed by atoms with Gasteiger partial charge in [0.1, 0.15) is 0 Å². The first-order valence-electron chi connectivity index (χ1n) is 6.07. The van der Waals surface area contributed by atoms with Crippen molar-refractivity contribution in [3.8, 4) is 0 Å². The van der Waals surface area contributed by atoms with Crippen LogP contribution in [0.25, 0.3) is 0 Å². The van der Waals surface area contributed by atoms with E-state index < -0.39 is 0 Å². The van der Waals surface area contributed by atoms with E-state index in [-0.39, 0.29) is 18.1 Å². The van der Waals surface area contributed by atoms with Crippen molar-refractivity contribution < 1.29 is 4.79 Å². The maximum Gasteiger partial charge on any atom is 0.240 e. The van der Waals surface area contributed by atoms with Gasteiger partial charge in [-0.2, -0.15) is 0 Å². The summed E-state index contributed by atoms with van der Waals surface area (Å²) in [6.45, 7) is 10.6. The highest BCUT2D eigenvalue weighted by Crippen LogP contribution is 2.21. The lowest BCUT2D eigenvalue weighted by molar-refractivity contribution is -0.132. The molecule has 1 heterocycles. The molecule has 3 heteroatoms. The van der Waals surface area contributed by atoms with Crippen molar-refractivity contribution in [1.29, 1.82) is 0 Å². The third-order valence-corrected chi connectivity index (χ3v) is 3.37. The molecule has 3 atom stereocenters. The molecule has 1 saturated heterocycles. The van der Waals surface area contributed by atoms with Gasteiger partial charge in [-0.05, 0) is 26.2 Å². The number of carbonyl (C=O) groups excluding carboxylic acids is 1. The first kappa shape index (κ1) is 12.5. The molecule has 0 aromatic heterocycles. The van der Waals surface area contributed by atoms with Gasteiger partial charge < -0.3 is 4.90 Å². The molecule has 3 nitrogen and oxygen atoms in total. The van der Waals surface area contributed by atoms with E-state index in [1.54, 1.807) is 0 Å². The molecule has 15 heavy (non-hydrogen) atoms. The molecule has 1 aliphatic rings. The summed E-state index contributed by atoms with van der Waals surface area (Å²) in [6.07, 6.45) is 2.40. The molecular weight excluding hydrogens is 188 g/mol. The van der Waals surface area contributed by atoms with E-state index in [1.807, 2.05) is 11.8 Å². The molecule has 0 aromatic rings. The van der Waals surface area contributed by atoms with Gasteiger partial charge in [0.15, 0.2) is 0 Å². The highest BCUT2D eigenvalue weighted by molar-refractivity contribution is 5.84. The number of hydrogen-bond acceptors (Lipinski definition) is 2. The molecule has 0 bridgehead atoms. The normalized spacial score (nSPS) is 28.9. The quantitative estimate of drug-likeness (QED) is 0.773. The fourth-order valence-corrected chi connectivity index (χ4v) is 2.12. The molecule has 3 unspecified atom stereocenters. The van der Waals surface area contributed by atoms with Crippen LogP contribution >= 0.6 is 0 Å². The molecule has 1 amide bonds. The third-order valence-electron chi connectivity index (χ3n) is 3.37. The molecule has 0 aliphatic carbocycles. The average molecular weight is 212 g/mol. The van der Waals surface area contributed by atoms with Gasteiger partial charge in [0, 0.05) is 6.04 Å². The summed E-state index contributed by atoms with van der Waals surface area (Å²) >= 11 is 0. The first-order chi connectivity index (χ1) is 6.99. The Balaban J connectivity index is 2.76. The molecule has 1 rings (SSSR count). The van der Waals surface area contributed by atoms with E-state index in [0.29, 0.717) is 12.0 Å². The monoisotopic (exact) mass is 212 g/mol.